The average Bonchev–Trinajstić information content (AvgIpc) is 2.44. The summed E-state index contributed by atoms with van der Waals surface area (Å²) < 4.78 is 5.78. The highest BCUT2D eigenvalue weighted by molar-refractivity contribution is 9.10. The molecule has 0 spiro atoms. The van der Waals surface area contributed by atoms with Crippen molar-refractivity contribution in [2.24, 2.45) is 5.73 Å². The fourth-order valence-corrected chi connectivity index (χ4v) is 2.92. The van der Waals surface area contributed by atoms with Crippen LogP contribution in [0.15, 0.2) is 34.9 Å². The molecule has 21 heavy (non-hydrogen) atoms. The molecule has 0 aliphatic heterocycles. The van der Waals surface area contributed by atoms with Crippen LogP contribution in [0.3, 0.4) is 0 Å². The Morgan fingerprint density at radius 2 is 2.14 bits per heavy atom. The Bertz CT molecular complexity index is 665. The van der Waals surface area contributed by atoms with E-state index in [0.717, 1.165) is 20.9 Å². The number of benzene rings is 1. The Morgan fingerprint density at radius 3 is 2.76 bits per heavy atom. The van der Waals surface area contributed by atoms with E-state index in [0.29, 0.717) is 0 Å². The van der Waals surface area contributed by atoms with Gasteiger partial charge in [0.1, 0.15) is 0 Å². The molecule has 0 aliphatic carbocycles. The van der Waals surface area contributed by atoms with Crippen molar-refractivity contribution in [1.29, 1.82) is 0 Å². The molecule has 0 fully saturated rings. The van der Waals surface area contributed by atoms with Gasteiger partial charge in [0, 0.05) is 27.5 Å². The third-order valence-corrected chi connectivity index (χ3v) is 4.31. The number of fused-ring (bicyclic) bond motifs is 1. The van der Waals surface area contributed by atoms with Crippen LogP contribution in [-0.4, -0.2) is 23.6 Å². The summed E-state index contributed by atoms with van der Waals surface area (Å²) >= 11 is 3.53. The van der Waals surface area contributed by atoms with Gasteiger partial charge in [-0.3, -0.25) is 9.78 Å². The van der Waals surface area contributed by atoms with Crippen LogP contribution in [0.5, 0.6) is 0 Å². The van der Waals surface area contributed by atoms with E-state index in [1.807, 2.05) is 38.1 Å². The molecule has 0 aliphatic rings. The van der Waals surface area contributed by atoms with Gasteiger partial charge < -0.3 is 10.5 Å². The molecule has 112 valence electrons. The van der Waals surface area contributed by atoms with Crippen LogP contribution in [0.2, 0.25) is 0 Å². The zero-order valence-electron chi connectivity index (χ0n) is 12.4. The van der Waals surface area contributed by atoms with Crippen molar-refractivity contribution >= 4 is 32.8 Å². The number of hydrogen-bond donors (Lipinski definition) is 1. The van der Waals surface area contributed by atoms with E-state index < -0.39 is 5.54 Å². The van der Waals surface area contributed by atoms with Gasteiger partial charge in [-0.2, -0.15) is 0 Å². The predicted octanol–water partition coefficient (Wildman–Crippen LogP) is 3.38. The Labute approximate surface area is 132 Å². The fraction of sp³-hybridized carbons (Fsp3) is 0.375. The zero-order chi connectivity index (χ0) is 15.6. The van der Waals surface area contributed by atoms with E-state index in [-0.39, 0.29) is 18.3 Å². The normalized spacial score (nSPS) is 13.2. The molecule has 4 nitrogen and oxygen atoms in total. The smallest absolute Gasteiger partial charge is 0.306 e. The molecule has 0 saturated heterocycles. The van der Waals surface area contributed by atoms with Crippen molar-refractivity contribution in [1.82, 2.24) is 4.98 Å². The van der Waals surface area contributed by atoms with Gasteiger partial charge in [0.15, 0.2) is 0 Å². The predicted molar refractivity (Wildman–Crippen MR) is 87.1 cm³/mol. The van der Waals surface area contributed by atoms with Crippen LogP contribution < -0.4 is 5.73 Å². The third kappa shape index (κ3) is 3.41. The largest absolute Gasteiger partial charge is 0.469 e. The quantitative estimate of drug-likeness (QED) is 0.858. The number of aromatic nitrogens is 1. The van der Waals surface area contributed by atoms with Crippen molar-refractivity contribution in [3.63, 3.8) is 0 Å². The second kappa shape index (κ2) is 6.12. The van der Waals surface area contributed by atoms with Crippen molar-refractivity contribution in [2.75, 3.05) is 7.11 Å². The molecule has 0 radical (unpaired) electrons. The molecule has 1 aromatic carbocycles. The van der Waals surface area contributed by atoms with Crippen molar-refractivity contribution in [3.8, 4) is 0 Å². The number of carbonyl (C=O) groups is 1. The molecule has 0 amide bonds. The van der Waals surface area contributed by atoms with Crippen molar-refractivity contribution in [2.45, 2.75) is 31.7 Å². The first kappa shape index (κ1) is 15.9. The lowest BCUT2D eigenvalue weighted by atomic mass is 9.79. The number of halogens is 1. The summed E-state index contributed by atoms with van der Waals surface area (Å²) in [4.78, 5) is 16.2. The summed E-state index contributed by atoms with van der Waals surface area (Å²) in [5, 5.41) is 1.01. The summed E-state index contributed by atoms with van der Waals surface area (Å²) in [7, 11) is 1.39. The van der Waals surface area contributed by atoms with E-state index in [9.17, 15) is 4.79 Å². The van der Waals surface area contributed by atoms with Gasteiger partial charge in [-0.15, -0.1) is 0 Å². The maximum absolute atomic E-state index is 11.7. The van der Waals surface area contributed by atoms with Gasteiger partial charge in [0.05, 0.1) is 19.0 Å². The molecular formula is C16H19BrN2O2. The molecule has 2 N–H and O–H groups in total. The first-order chi connectivity index (χ1) is 9.84. The number of nitrogens with zero attached hydrogens (tertiary/aromatic N) is 1. The number of ether oxygens (including phenoxy) is 1. The number of methoxy groups -OCH3 is 1. The van der Waals surface area contributed by atoms with Crippen LogP contribution in [0, 0.1) is 0 Å². The summed E-state index contributed by atoms with van der Waals surface area (Å²) in [5.74, 6) is -0.444. The van der Waals surface area contributed by atoms with Crippen LogP contribution >= 0.6 is 15.9 Å². The van der Waals surface area contributed by atoms with Gasteiger partial charge in [0.25, 0.3) is 0 Å². The standard InChI is InChI=1S/C16H19BrN2O2/c1-16(2,18)12(9-14(20)21-3)10-6-7-13(17)11-5-4-8-19-15(10)11/h4-8,12H,9,18H2,1-3H3. The average molecular weight is 351 g/mol. The van der Waals surface area contributed by atoms with E-state index in [4.69, 9.17) is 10.5 Å². The summed E-state index contributed by atoms with van der Waals surface area (Å²) in [6.07, 6.45) is 1.98. The second-order valence-corrected chi connectivity index (χ2v) is 6.54. The van der Waals surface area contributed by atoms with E-state index >= 15 is 0 Å². The van der Waals surface area contributed by atoms with Gasteiger partial charge in [-0.1, -0.05) is 28.1 Å². The minimum absolute atomic E-state index is 0.171. The Hall–Kier alpha value is -1.46. The van der Waals surface area contributed by atoms with Crippen molar-refractivity contribution in [3.05, 3.63) is 40.5 Å². The summed E-state index contributed by atoms with van der Waals surface area (Å²) in [5.41, 5.74) is 7.56. The maximum Gasteiger partial charge on any atom is 0.306 e. The fourth-order valence-electron chi connectivity index (χ4n) is 2.46. The summed E-state index contributed by atoms with van der Waals surface area (Å²) in [6.45, 7) is 3.83. The molecule has 2 aromatic rings. The number of hydrogen-bond acceptors (Lipinski definition) is 4. The Morgan fingerprint density at radius 1 is 1.43 bits per heavy atom. The van der Waals surface area contributed by atoms with Gasteiger partial charge in [0.2, 0.25) is 0 Å². The van der Waals surface area contributed by atoms with Crippen LogP contribution in [0.25, 0.3) is 10.9 Å². The van der Waals surface area contributed by atoms with Crippen LogP contribution in [0.1, 0.15) is 31.7 Å². The number of rotatable bonds is 4. The van der Waals surface area contributed by atoms with Crippen LogP contribution in [-0.2, 0) is 9.53 Å². The van der Waals surface area contributed by atoms with Gasteiger partial charge >= 0.3 is 5.97 Å². The highest BCUT2D eigenvalue weighted by Crippen LogP contribution is 2.36. The first-order valence-corrected chi connectivity index (χ1v) is 7.52. The highest BCUT2D eigenvalue weighted by atomic mass is 79.9. The first-order valence-electron chi connectivity index (χ1n) is 6.73. The molecule has 0 bridgehead atoms. The lowest BCUT2D eigenvalue weighted by Gasteiger charge is -2.31. The molecular weight excluding hydrogens is 332 g/mol. The summed E-state index contributed by atoms with van der Waals surface area (Å²) in [6, 6.07) is 7.82. The number of pyridine rings is 1. The van der Waals surface area contributed by atoms with E-state index in [1.165, 1.54) is 7.11 Å². The number of nitrogens with two attached hydrogens (primary N) is 1. The van der Waals surface area contributed by atoms with Crippen molar-refractivity contribution < 1.29 is 9.53 Å². The number of esters is 1. The monoisotopic (exact) mass is 350 g/mol. The molecule has 1 aromatic heterocycles. The molecule has 1 heterocycles. The molecule has 1 atom stereocenters. The minimum Gasteiger partial charge on any atom is -0.469 e. The molecule has 5 heteroatoms. The topological polar surface area (TPSA) is 65.2 Å². The Kier molecular flexibility index (Phi) is 4.64. The SMILES string of the molecule is COC(=O)CC(c1ccc(Br)c2cccnc12)C(C)(C)N. The number of carbonyl (C=O) groups excluding carboxylic acids is 1. The lowest BCUT2D eigenvalue weighted by Crippen LogP contribution is -2.40. The lowest BCUT2D eigenvalue weighted by molar-refractivity contribution is -0.141. The molecule has 1 unspecified atom stereocenters. The zero-order valence-corrected chi connectivity index (χ0v) is 14.0. The Balaban J connectivity index is 2.60. The maximum atomic E-state index is 11.7. The second-order valence-electron chi connectivity index (χ2n) is 5.69. The molecule has 0 saturated carbocycles. The molecule has 2 rings (SSSR count). The van der Waals surface area contributed by atoms with Crippen LogP contribution in [0.4, 0.5) is 0 Å². The minimum atomic E-state index is -0.563. The third-order valence-electron chi connectivity index (χ3n) is 3.62. The highest BCUT2D eigenvalue weighted by Gasteiger charge is 2.31. The van der Waals surface area contributed by atoms with Gasteiger partial charge in [-0.25, -0.2) is 0 Å². The van der Waals surface area contributed by atoms with E-state index in [1.54, 1.807) is 6.20 Å². The van der Waals surface area contributed by atoms with E-state index in [2.05, 4.69) is 20.9 Å². The van der Waals surface area contributed by atoms with Gasteiger partial charge in [-0.05, 0) is 31.5 Å².